The number of aromatic nitrogens is 11. The largest absolute Gasteiger partial charge is 0.487 e. The van der Waals surface area contributed by atoms with Crippen molar-refractivity contribution in [3.63, 3.8) is 0 Å². The van der Waals surface area contributed by atoms with E-state index in [-0.39, 0.29) is 24.3 Å². The third-order valence-electron chi connectivity index (χ3n) is 16.0. The van der Waals surface area contributed by atoms with Crippen molar-refractivity contribution in [3.05, 3.63) is 301 Å². The molecule has 14 rings (SSSR count). The van der Waals surface area contributed by atoms with Gasteiger partial charge in [0.1, 0.15) is 107 Å². The maximum atomic E-state index is 13.4. The number of fused-ring (bicyclic) bond motifs is 4. The molecule has 0 atom stereocenters. The summed E-state index contributed by atoms with van der Waals surface area (Å²) in [7, 11) is 0. The Bertz CT molecular complexity index is 4430. The van der Waals surface area contributed by atoms with Gasteiger partial charge in [0.25, 0.3) is 17.7 Å². The number of para-hydroxylation sites is 3. The quantitative estimate of drug-likeness (QED) is 0.0544. The monoisotopic (exact) mass is 1330 g/mol. The predicted molar refractivity (Wildman–Crippen MR) is 376 cm³/mol. The molecule has 3 aromatic carbocycles. The molecular formula is C76H76FN15O7. The van der Waals surface area contributed by atoms with Crippen LogP contribution in [-0.2, 0) is 57.3 Å². The van der Waals surface area contributed by atoms with Gasteiger partial charge in [0.2, 0.25) is 0 Å². The number of allylic oxidation sites excluding steroid dienone is 7. The van der Waals surface area contributed by atoms with Crippen LogP contribution < -0.4 is 28.9 Å². The number of carbonyl (C=O) groups excluding carboxylic acids is 3. The van der Waals surface area contributed by atoms with Crippen LogP contribution in [0.3, 0.4) is 0 Å². The van der Waals surface area contributed by atoms with Gasteiger partial charge in [-0.1, -0.05) is 98.6 Å². The highest BCUT2D eigenvalue weighted by atomic mass is 19.1. The summed E-state index contributed by atoms with van der Waals surface area (Å²) in [4.78, 5) is 57.8. The van der Waals surface area contributed by atoms with E-state index in [1.165, 1.54) is 17.2 Å². The number of ether oxygens (including phenoxy) is 4. The molecule has 4 aliphatic heterocycles. The molecule has 22 nitrogen and oxygen atoms in total. The Morgan fingerprint density at radius 2 is 0.980 bits per heavy atom. The lowest BCUT2D eigenvalue weighted by Gasteiger charge is -2.31. The van der Waals surface area contributed by atoms with E-state index in [1.54, 1.807) is 66.6 Å². The van der Waals surface area contributed by atoms with Crippen molar-refractivity contribution in [2.75, 3.05) is 40.9 Å². The number of hydrogen-bond donors (Lipinski definition) is 0. The number of hydrogen-bond acceptors (Lipinski definition) is 15. The van der Waals surface area contributed by atoms with Crippen molar-refractivity contribution in [1.82, 2.24) is 59.0 Å². The number of aryl methyl sites for hydroxylation is 2. The van der Waals surface area contributed by atoms with E-state index in [0.29, 0.717) is 99.2 Å². The fraction of sp³-hybridized carbons (Fsp3) is 0.211. The van der Waals surface area contributed by atoms with Gasteiger partial charge in [0.15, 0.2) is 0 Å². The van der Waals surface area contributed by atoms with E-state index in [0.717, 1.165) is 87.6 Å². The van der Waals surface area contributed by atoms with Crippen LogP contribution in [0.1, 0.15) is 84.9 Å². The van der Waals surface area contributed by atoms with Crippen molar-refractivity contribution < 1.29 is 37.7 Å². The summed E-state index contributed by atoms with van der Waals surface area (Å²) in [6.07, 6.45) is 17.3. The van der Waals surface area contributed by atoms with Crippen molar-refractivity contribution in [3.8, 4) is 17.2 Å². The van der Waals surface area contributed by atoms with Crippen molar-refractivity contribution in [2.24, 2.45) is 0 Å². The summed E-state index contributed by atoms with van der Waals surface area (Å²) in [5.41, 5.74) is 10.3. The molecule has 23 heteroatoms. The van der Waals surface area contributed by atoms with Gasteiger partial charge in [-0.2, -0.15) is 20.4 Å². The average Bonchev–Trinajstić information content (AvgIpc) is 1.72. The summed E-state index contributed by atoms with van der Waals surface area (Å²) in [5, 5.41) is 18.0. The van der Waals surface area contributed by atoms with Crippen LogP contribution in [-0.4, -0.2) is 103 Å². The zero-order chi connectivity index (χ0) is 69.2. The SMILES string of the molecule is C=C/C=C(\C=C/C)OCc1cc2n(n1)CCN(/C(C)=C/C=C)C2=C.Cc1ccc(N2CCn3nc(COc4ccccc4)cc3C2=O)nc1.Cc1ccnc(N2CCn3nc(COc4ccccc4)cc3C2=O)c1.O=C1c2cc(COc3ccccc3)nn2CCN1c1cncc(F)c1. The first-order valence-electron chi connectivity index (χ1n) is 32.3. The number of halogens is 1. The molecule has 0 spiro atoms. The first-order valence-corrected chi connectivity index (χ1v) is 32.3. The summed E-state index contributed by atoms with van der Waals surface area (Å²) >= 11 is 0. The first-order chi connectivity index (χ1) is 48.2. The first kappa shape index (κ1) is 68.1. The molecule has 0 saturated carbocycles. The average molecular weight is 1330 g/mol. The molecule has 3 amide bonds. The minimum Gasteiger partial charge on any atom is -0.487 e. The van der Waals surface area contributed by atoms with Crippen LogP contribution >= 0.6 is 0 Å². The van der Waals surface area contributed by atoms with Crippen molar-refractivity contribution >= 4 is 40.7 Å². The maximum Gasteiger partial charge on any atom is 0.277 e. The van der Waals surface area contributed by atoms with Gasteiger partial charge in [-0.05, 0) is 136 Å². The summed E-state index contributed by atoms with van der Waals surface area (Å²) in [6, 6.07) is 44.9. The van der Waals surface area contributed by atoms with E-state index in [1.807, 2.05) is 171 Å². The molecule has 0 unspecified atom stereocenters. The lowest BCUT2D eigenvalue weighted by atomic mass is 10.2. The Kier molecular flexibility index (Phi) is 22.3. The second-order valence-electron chi connectivity index (χ2n) is 23.1. The number of rotatable bonds is 19. The topological polar surface area (TPSA) is 211 Å². The number of pyridine rings is 3. The second-order valence-corrected chi connectivity index (χ2v) is 23.1. The highest BCUT2D eigenvalue weighted by molar-refractivity contribution is 6.06. The molecule has 0 N–H and O–H groups in total. The van der Waals surface area contributed by atoms with Gasteiger partial charge < -0.3 is 28.7 Å². The van der Waals surface area contributed by atoms with E-state index in [9.17, 15) is 18.8 Å². The number of carbonyl (C=O) groups is 3. The summed E-state index contributed by atoms with van der Waals surface area (Å²) < 4.78 is 43.4. The smallest absolute Gasteiger partial charge is 0.277 e. The van der Waals surface area contributed by atoms with Gasteiger partial charge in [-0.25, -0.2) is 14.4 Å². The third-order valence-corrected chi connectivity index (χ3v) is 16.0. The Morgan fingerprint density at radius 1 is 0.505 bits per heavy atom. The van der Waals surface area contributed by atoms with E-state index in [4.69, 9.17) is 18.9 Å². The van der Waals surface area contributed by atoms with Crippen molar-refractivity contribution in [1.29, 1.82) is 0 Å². The van der Waals surface area contributed by atoms with Crippen LogP contribution in [0, 0.1) is 19.7 Å². The molecule has 0 radical (unpaired) electrons. The molecule has 0 saturated heterocycles. The van der Waals surface area contributed by atoms with E-state index in [2.05, 4.69) is 66.9 Å². The minimum absolute atomic E-state index is 0.0807. The maximum absolute atomic E-state index is 13.4. The Balaban J connectivity index is 0.000000133. The van der Waals surface area contributed by atoms with Crippen LogP contribution in [0.4, 0.5) is 21.7 Å². The molecule has 11 heterocycles. The zero-order valence-electron chi connectivity index (χ0n) is 55.7. The molecule has 7 aromatic heterocycles. The fourth-order valence-electron chi connectivity index (χ4n) is 11.1. The molecule has 0 fully saturated rings. The normalized spacial score (nSPS) is 14.1. The van der Waals surface area contributed by atoms with Crippen LogP contribution in [0.5, 0.6) is 17.2 Å². The molecular weight excluding hydrogens is 1250 g/mol. The Labute approximate surface area is 573 Å². The van der Waals surface area contributed by atoms with Crippen LogP contribution in [0.25, 0.3) is 5.70 Å². The number of anilines is 3. The standard InChI is InChI=1S/C20H25N3O.2C19H18N4O2.C18H15FN4O2/c1-6-9-16(4)22-12-13-23-20(17(22)5)14-18(21-23)15-24-19(10-7-2)11-8-3;1-14-7-8-18(20-12-14)22-9-10-23-17(19(22)24)11-15(21-23)13-25-16-5-3-2-4-6-16;1-14-7-8-20-18(11-14)22-9-10-23-17(19(22)24)12-15(21-23)13-25-16-5-3-2-4-6-16;19-13-8-15(11-20-10-13)22-6-7-23-17(18(22)24)9-14(21-23)12-25-16-4-2-1-3-5-16/h6-11,14H,1-2,5,12-13,15H2,3-4H3;2*2-8,11-12H,9-10,13H2,1H3;1-5,8-11H,6-7,12H2/b11-8-,16-9+,19-10+;;;. The van der Waals surface area contributed by atoms with E-state index < -0.39 is 5.82 Å². The van der Waals surface area contributed by atoms with Gasteiger partial charge in [0, 0.05) is 50.3 Å². The zero-order valence-corrected chi connectivity index (χ0v) is 55.7. The highest BCUT2D eigenvalue weighted by Crippen LogP contribution is 2.29. The fourth-order valence-corrected chi connectivity index (χ4v) is 11.1. The van der Waals surface area contributed by atoms with Gasteiger partial charge in [-0.15, -0.1) is 0 Å². The third kappa shape index (κ3) is 17.2. The molecule has 4 aliphatic rings. The van der Waals surface area contributed by atoms with Gasteiger partial charge >= 0.3 is 0 Å². The lowest BCUT2D eigenvalue weighted by molar-refractivity contribution is 0.0953. The lowest BCUT2D eigenvalue weighted by Crippen LogP contribution is -2.40. The summed E-state index contributed by atoms with van der Waals surface area (Å²) in [6.45, 7) is 26.0. The van der Waals surface area contributed by atoms with Gasteiger partial charge in [0.05, 0.1) is 55.7 Å². The number of nitrogens with zero attached hydrogens (tertiary/aromatic N) is 15. The minimum atomic E-state index is -0.471. The van der Waals surface area contributed by atoms with Gasteiger partial charge in [-0.3, -0.25) is 47.9 Å². The Morgan fingerprint density at radius 3 is 1.46 bits per heavy atom. The van der Waals surface area contributed by atoms with E-state index >= 15 is 0 Å². The molecule has 504 valence electrons. The summed E-state index contributed by atoms with van der Waals surface area (Å²) in [5.74, 6) is 3.57. The second kappa shape index (κ2) is 32.4. The highest BCUT2D eigenvalue weighted by Gasteiger charge is 2.32. The molecule has 10 aromatic rings. The predicted octanol–water partition coefficient (Wildman–Crippen LogP) is 12.7. The molecule has 0 aliphatic carbocycles. The molecule has 0 bridgehead atoms. The van der Waals surface area contributed by atoms with Crippen LogP contribution in [0.2, 0.25) is 0 Å². The molecule has 99 heavy (non-hydrogen) atoms. The Hall–Kier alpha value is -12.3. The van der Waals surface area contributed by atoms with Crippen LogP contribution in [0.15, 0.2) is 238 Å². The van der Waals surface area contributed by atoms with Crippen molar-refractivity contribution in [2.45, 2.75) is 80.3 Å². The number of benzene rings is 3. The number of amides is 3.